The number of aliphatic hydroxyl groups is 1. The summed E-state index contributed by atoms with van der Waals surface area (Å²) in [6, 6.07) is 1.95. The molecule has 1 fully saturated rings. The first-order chi connectivity index (χ1) is 10.2. The number of pyridine rings is 1. The first kappa shape index (κ1) is 15.9. The van der Waals surface area contributed by atoms with Gasteiger partial charge in [0.05, 0.1) is 5.56 Å². The summed E-state index contributed by atoms with van der Waals surface area (Å²) in [7, 11) is 0. The van der Waals surface area contributed by atoms with Gasteiger partial charge >= 0.3 is 0 Å². The van der Waals surface area contributed by atoms with E-state index < -0.39 is 0 Å². The second-order valence-electron chi connectivity index (χ2n) is 5.12. The third kappa shape index (κ3) is 4.76. The Kier molecular flexibility index (Phi) is 6.09. The molecule has 1 heterocycles. The number of rotatable bonds is 3. The minimum absolute atomic E-state index is 0.0955. The number of nitrogens with zero attached hydrogens (tertiary/aromatic N) is 1. The van der Waals surface area contributed by atoms with Crippen molar-refractivity contribution in [3.8, 4) is 11.8 Å². The molecule has 2 rings (SSSR count). The largest absolute Gasteiger partial charge is 0.384 e. The second-order valence-corrected chi connectivity index (χ2v) is 6.25. The highest BCUT2D eigenvalue weighted by molar-refractivity contribution is 7.99. The predicted octanol–water partition coefficient (Wildman–Crippen LogP) is 1.83. The van der Waals surface area contributed by atoms with E-state index >= 15 is 0 Å². The smallest absolute Gasteiger partial charge is 0.253 e. The average molecular weight is 304 g/mol. The summed E-state index contributed by atoms with van der Waals surface area (Å²) in [4.78, 5) is 16.3. The lowest BCUT2D eigenvalue weighted by Gasteiger charge is -2.28. The number of aliphatic hydroxyl groups excluding tert-OH is 1. The van der Waals surface area contributed by atoms with Crippen LogP contribution in [0.1, 0.15) is 41.6 Å². The van der Waals surface area contributed by atoms with Gasteiger partial charge in [-0.15, -0.1) is 0 Å². The van der Waals surface area contributed by atoms with Gasteiger partial charge in [-0.05, 0) is 31.6 Å². The molecule has 112 valence electrons. The highest BCUT2D eigenvalue weighted by Gasteiger charge is 2.23. The maximum atomic E-state index is 12.3. The van der Waals surface area contributed by atoms with E-state index in [1.54, 1.807) is 18.5 Å². The van der Waals surface area contributed by atoms with Gasteiger partial charge in [-0.2, -0.15) is 11.8 Å². The van der Waals surface area contributed by atoms with Crippen molar-refractivity contribution in [2.45, 2.75) is 37.0 Å². The van der Waals surface area contributed by atoms with Gasteiger partial charge in [0.1, 0.15) is 6.61 Å². The van der Waals surface area contributed by atoms with E-state index in [0.717, 1.165) is 19.3 Å². The van der Waals surface area contributed by atoms with Crippen LogP contribution in [0.4, 0.5) is 0 Å². The lowest BCUT2D eigenvalue weighted by atomic mass is 9.94. The molecule has 1 aliphatic rings. The Bertz CT molecular complexity index is 551. The Balaban J connectivity index is 1.99. The van der Waals surface area contributed by atoms with Crippen LogP contribution in [0, 0.1) is 11.8 Å². The number of hydrogen-bond donors (Lipinski definition) is 2. The Morgan fingerprint density at radius 1 is 1.52 bits per heavy atom. The molecule has 1 aromatic heterocycles. The summed E-state index contributed by atoms with van der Waals surface area (Å²) in [5.74, 6) is 5.22. The molecule has 0 spiro atoms. The summed E-state index contributed by atoms with van der Waals surface area (Å²) < 4.78 is 0. The molecule has 1 aromatic rings. The lowest BCUT2D eigenvalue weighted by molar-refractivity contribution is 0.0928. The molecule has 1 saturated carbocycles. The van der Waals surface area contributed by atoms with Crippen molar-refractivity contribution in [1.82, 2.24) is 10.3 Å². The molecule has 0 saturated heterocycles. The van der Waals surface area contributed by atoms with Gasteiger partial charge in [0.2, 0.25) is 0 Å². The quantitative estimate of drug-likeness (QED) is 0.836. The first-order valence-electron chi connectivity index (χ1n) is 7.11. The highest BCUT2D eigenvalue weighted by Crippen LogP contribution is 2.27. The first-order valence-corrected chi connectivity index (χ1v) is 8.40. The molecular weight excluding hydrogens is 284 g/mol. The normalized spacial score (nSPS) is 21.2. The number of carbonyl (C=O) groups is 1. The lowest BCUT2D eigenvalue weighted by Crippen LogP contribution is -2.39. The summed E-state index contributed by atoms with van der Waals surface area (Å²) in [5.41, 5.74) is 1.16. The Labute approximate surface area is 129 Å². The fourth-order valence-corrected chi connectivity index (χ4v) is 3.36. The molecule has 0 aliphatic heterocycles. The van der Waals surface area contributed by atoms with E-state index in [4.69, 9.17) is 5.11 Å². The van der Waals surface area contributed by atoms with E-state index in [9.17, 15) is 4.79 Å². The third-order valence-electron chi connectivity index (χ3n) is 3.61. The zero-order valence-electron chi connectivity index (χ0n) is 12.1. The van der Waals surface area contributed by atoms with Gasteiger partial charge in [0, 0.05) is 29.2 Å². The standard InChI is InChI=1S/C16H20N2O2S/c1-21-15-6-2-5-14(9-15)18-16(20)13-8-12(4-3-7-19)10-17-11-13/h8,10-11,14-15,19H,2,5-7,9H2,1H3,(H,18,20). The minimum atomic E-state index is -0.200. The van der Waals surface area contributed by atoms with Gasteiger partial charge in [0.25, 0.3) is 5.91 Å². The molecule has 2 N–H and O–H groups in total. The molecule has 5 heteroatoms. The average Bonchev–Trinajstić information content (AvgIpc) is 2.53. The van der Waals surface area contributed by atoms with Crippen LogP contribution in [0.2, 0.25) is 0 Å². The van der Waals surface area contributed by atoms with Crippen LogP contribution in [0.25, 0.3) is 0 Å². The highest BCUT2D eigenvalue weighted by atomic mass is 32.2. The van der Waals surface area contributed by atoms with Gasteiger partial charge in [0.15, 0.2) is 0 Å². The number of carbonyl (C=O) groups excluding carboxylic acids is 1. The number of amides is 1. The van der Waals surface area contributed by atoms with Crippen LogP contribution in [0.3, 0.4) is 0 Å². The summed E-state index contributed by atoms with van der Waals surface area (Å²) in [6.45, 7) is -0.200. The molecule has 0 aromatic carbocycles. The molecule has 4 nitrogen and oxygen atoms in total. The van der Waals surface area contributed by atoms with E-state index in [0.29, 0.717) is 16.4 Å². The SMILES string of the molecule is CSC1CCCC(NC(=O)c2cncc(C#CCO)c2)C1. The zero-order chi connectivity index (χ0) is 15.1. The van der Waals surface area contributed by atoms with E-state index in [-0.39, 0.29) is 18.6 Å². The summed E-state index contributed by atoms with van der Waals surface area (Å²) >= 11 is 1.88. The van der Waals surface area contributed by atoms with Crippen molar-refractivity contribution in [1.29, 1.82) is 0 Å². The van der Waals surface area contributed by atoms with Crippen LogP contribution in [0.5, 0.6) is 0 Å². The van der Waals surface area contributed by atoms with Gasteiger partial charge < -0.3 is 10.4 Å². The van der Waals surface area contributed by atoms with E-state index in [1.807, 2.05) is 11.8 Å². The Hall–Kier alpha value is -1.51. The Morgan fingerprint density at radius 3 is 3.14 bits per heavy atom. The van der Waals surface area contributed by atoms with Crippen LogP contribution < -0.4 is 5.32 Å². The maximum absolute atomic E-state index is 12.3. The van der Waals surface area contributed by atoms with Crippen LogP contribution >= 0.6 is 11.8 Å². The van der Waals surface area contributed by atoms with Crippen LogP contribution in [-0.4, -0.2) is 40.2 Å². The molecule has 2 unspecified atom stereocenters. The third-order valence-corrected chi connectivity index (χ3v) is 4.70. The molecule has 21 heavy (non-hydrogen) atoms. The van der Waals surface area contributed by atoms with Crippen LogP contribution in [-0.2, 0) is 0 Å². The zero-order valence-corrected chi connectivity index (χ0v) is 12.9. The fraction of sp³-hybridized carbons (Fsp3) is 0.500. The predicted molar refractivity (Wildman–Crippen MR) is 85.2 cm³/mol. The Morgan fingerprint density at radius 2 is 2.38 bits per heavy atom. The second kappa shape index (κ2) is 8.06. The number of hydrogen-bond acceptors (Lipinski definition) is 4. The molecule has 2 atom stereocenters. The van der Waals surface area contributed by atoms with Gasteiger partial charge in [-0.3, -0.25) is 9.78 Å². The van der Waals surface area contributed by atoms with Crippen molar-refractivity contribution in [3.05, 3.63) is 29.6 Å². The van der Waals surface area contributed by atoms with Crippen molar-refractivity contribution in [2.75, 3.05) is 12.9 Å². The molecule has 1 aliphatic carbocycles. The van der Waals surface area contributed by atoms with Crippen molar-refractivity contribution < 1.29 is 9.90 Å². The molecule has 0 radical (unpaired) electrons. The maximum Gasteiger partial charge on any atom is 0.253 e. The van der Waals surface area contributed by atoms with Crippen LogP contribution in [0.15, 0.2) is 18.5 Å². The monoisotopic (exact) mass is 304 g/mol. The summed E-state index contributed by atoms with van der Waals surface area (Å²) in [5, 5.41) is 12.4. The molecular formula is C16H20N2O2S. The molecule has 1 amide bonds. The fourth-order valence-electron chi connectivity index (χ4n) is 2.53. The number of thioether (sulfide) groups is 1. The number of nitrogens with one attached hydrogen (secondary N) is 1. The van der Waals surface area contributed by atoms with Crippen molar-refractivity contribution in [2.24, 2.45) is 0 Å². The van der Waals surface area contributed by atoms with Gasteiger partial charge in [-0.1, -0.05) is 18.3 Å². The molecule has 0 bridgehead atoms. The van der Waals surface area contributed by atoms with E-state index in [2.05, 4.69) is 28.4 Å². The topological polar surface area (TPSA) is 62.2 Å². The van der Waals surface area contributed by atoms with E-state index in [1.165, 1.54) is 6.42 Å². The van der Waals surface area contributed by atoms with Crippen molar-refractivity contribution >= 4 is 17.7 Å². The number of aromatic nitrogens is 1. The summed E-state index contributed by atoms with van der Waals surface area (Å²) in [6.07, 6.45) is 9.74. The van der Waals surface area contributed by atoms with Crippen molar-refractivity contribution in [3.63, 3.8) is 0 Å². The minimum Gasteiger partial charge on any atom is -0.384 e. The van der Waals surface area contributed by atoms with Gasteiger partial charge in [-0.25, -0.2) is 0 Å².